The molecule has 0 saturated carbocycles. The van der Waals surface area contributed by atoms with Crippen LogP contribution in [0.3, 0.4) is 0 Å². The number of nitrogens with zero attached hydrogens (tertiary/aromatic N) is 3. The predicted octanol–water partition coefficient (Wildman–Crippen LogP) is 5.12. The van der Waals surface area contributed by atoms with Gasteiger partial charge in [0.1, 0.15) is 16.8 Å². The summed E-state index contributed by atoms with van der Waals surface area (Å²) >= 11 is 5.87. The van der Waals surface area contributed by atoms with Gasteiger partial charge < -0.3 is 10.1 Å². The van der Waals surface area contributed by atoms with E-state index < -0.39 is 0 Å². The van der Waals surface area contributed by atoms with Crippen molar-refractivity contribution in [3.05, 3.63) is 83.4 Å². The molecule has 1 aromatic heterocycles. The van der Waals surface area contributed by atoms with Crippen LogP contribution < -0.4 is 10.1 Å². The van der Waals surface area contributed by atoms with Crippen molar-refractivity contribution in [1.82, 2.24) is 15.0 Å². The number of nitrogens with one attached hydrogen (secondary N) is 1. The molecule has 0 saturated heterocycles. The summed E-state index contributed by atoms with van der Waals surface area (Å²) in [4.78, 5) is 13.8. The highest BCUT2D eigenvalue weighted by atomic mass is 35.5. The molecule has 1 heterocycles. The van der Waals surface area contributed by atoms with Crippen LogP contribution in [-0.4, -0.2) is 27.5 Å². The molecule has 1 N–H and O–H groups in total. The van der Waals surface area contributed by atoms with Gasteiger partial charge in [-0.2, -0.15) is 4.80 Å². The van der Waals surface area contributed by atoms with Crippen molar-refractivity contribution in [2.75, 3.05) is 11.9 Å². The van der Waals surface area contributed by atoms with E-state index in [-0.39, 0.29) is 5.91 Å². The highest BCUT2D eigenvalue weighted by molar-refractivity contribution is 6.30. The first-order valence-corrected chi connectivity index (χ1v) is 9.83. The van der Waals surface area contributed by atoms with E-state index in [1.165, 1.54) is 6.08 Å². The fourth-order valence-corrected chi connectivity index (χ4v) is 3.01. The lowest BCUT2D eigenvalue weighted by Crippen LogP contribution is -2.07. The molecule has 150 valence electrons. The van der Waals surface area contributed by atoms with Crippen LogP contribution in [0.1, 0.15) is 12.5 Å². The van der Waals surface area contributed by atoms with Crippen molar-refractivity contribution in [3.63, 3.8) is 0 Å². The van der Waals surface area contributed by atoms with Gasteiger partial charge in [-0.3, -0.25) is 4.79 Å². The lowest BCUT2D eigenvalue weighted by atomic mass is 10.2. The van der Waals surface area contributed by atoms with Crippen molar-refractivity contribution >= 4 is 40.3 Å². The fourth-order valence-electron chi connectivity index (χ4n) is 2.88. The average Bonchev–Trinajstić information content (AvgIpc) is 3.17. The van der Waals surface area contributed by atoms with Gasteiger partial charge in [0, 0.05) is 16.8 Å². The van der Waals surface area contributed by atoms with Gasteiger partial charge in [0.15, 0.2) is 0 Å². The smallest absolute Gasteiger partial charge is 0.248 e. The Morgan fingerprint density at radius 2 is 1.77 bits per heavy atom. The summed E-state index contributed by atoms with van der Waals surface area (Å²) in [5, 5.41) is 12.5. The lowest BCUT2D eigenvalue weighted by molar-refractivity contribution is -0.111. The SMILES string of the molecule is CCOc1ccc(-n2nc3ccc(NC(=O)/C=C/c4ccc(Cl)cc4)cc3n2)cc1. The molecule has 0 aliphatic carbocycles. The highest BCUT2D eigenvalue weighted by Gasteiger charge is 2.07. The standard InChI is InChI=1S/C23H19ClN4O2/c1-2-30-20-11-9-19(10-12-20)28-26-21-13-8-18(15-22(21)27-28)25-23(29)14-5-16-3-6-17(24)7-4-16/h3-15H,2H2,1H3,(H,25,29)/b14-5+. The minimum absolute atomic E-state index is 0.233. The van der Waals surface area contributed by atoms with Gasteiger partial charge in [-0.25, -0.2) is 0 Å². The molecule has 4 rings (SSSR count). The van der Waals surface area contributed by atoms with E-state index in [0.29, 0.717) is 22.8 Å². The number of carbonyl (C=O) groups excluding carboxylic acids is 1. The summed E-state index contributed by atoms with van der Waals surface area (Å²) in [5.74, 6) is 0.567. The summed E-state index contributed by atoms with van der Waals surface area (Å²) in [5.41, 5.74) is 3.78. The molecular weight excluding hydrogens is 400 g/mol. The number of halogens is 1. The third kappa shape index (κ3) is 4.67. The van der Waals surface area contributed by atoms with Crippen molar-refractivity contribution in [2.45, 2.75) is 6.92 Å². The van der Waals surface area contributed by atoms with Crippen molar-refractivity contribution in [3.8, 4) is 11.4 Å². The number of aromatic nitrogens is 3. The Labute approximate surface area is 178 Å². The largest absolute Gasteiger partial charge is 0.494 e. The molecule has 0 fully saturated rings. The maximum absolute atomic E-state index is 12.2. The van der Waals surface area contributed by atoms with Crippen molar-refractivity contribution < 1.29 is 9.53 Å². The molecule has 0 bridgehead atoms. The van der Waals surface area contributed by atoms with E-state index in [0.717, 1.165) is 22.5 Å². The van der Waals surface area contributed by atoms with Crippen LogP contribution in [0.25, 0.3) is 22.8 Å². The van der Waals surface area contributed by atoms with E-state index in [1.807, 2.05) is 49.4 Å². The predicted molar refractivity (Wildman–Crippen MR) is 119 cm³/mol. The molecule has 7 heteroatoms. The van der Waals surface area contributed by atoms with Crippen LogP contribution in [0.15, 0.2) is 72.8 Å². The van der Waals surface area contributed by atoms with Crippen LogP contribution in [0.5, 0.6) is 5.75 Å². The Balaban J connectivity index is 1.48. The van der Waals surface area contributed by atoms with E-state index in [2.05, 4.69) is 15.5 Å². The Kier molecular flexibility index (Phi) is 5.77. The number of benzene rings is 3. The van der Waals surface area contributed by atoms with E-state index >= 15 is 0 Å². The quantitative estimate of drug-likeness (QED) is 0.441. The van der Waals surface area contributed by atoms with Gasteiger partial charge in [-0.05, 0) is 73.2 Å². The maximum Gasteiger partial charge on any atom is 0.248 e. The second kappa shape index (κ2) is 8.80. The van der Waals surface area contributed by atoms with Gasteiger partial charge >= 0.3 is 0 Å². The molecule has 0 unspecified atom stereocenters. The molecule has 6 nitrogen and oxygen atoms in total. The first-order chi connectivity index (χ1) is 14.6. The fraction of sp³-hybridized carbons (Fsp3) is 0.0870. The summed E-state index contributed by atoms with van der Waals surface area (Å²) in [6.45, 7) is 2.56. The number of anilines is 1. The number of amides is 1. The molecule has 0 radical (unpaired) electrons. The molecule has 0 atom stereocenters. The minimum Gasteiger partial charge on any atom is -0.494 e. The maximum atomic E-state index is 12.2. The number of rotatable bonds is 6. The number of hydrogen-bond acceptors (Lipinski definition) is 4. The zero-order chi connectivity index (χ0) is 20.9. The van der Waals surface area contributed by atoms with E-state index in [1.54, 1.807) is 35.1 Å². The van der Waals surface area contributed by atoms with Gasteiger partial charge in [0.2, 0.25) is 5.91 Å². The van der Waals surface area contributed by atoms with Crippen molar-refractivity contribution in [1.29, 1.82) is 0 Å². The van der Waals surface area contributed by atoms with Crippen LogP contribution >= 0.6 is 11.6 Å². The Bertz CT molecular complexity index is 1200. The molecule has 0 spiro atoms. The minimum atomic E-state index is -0.233. The average molecular weight is 419 g/mol. The molecule has 4 aromatic rings. The van der Waals surface area contributed by atoms with E-state index in [9.17, 15) is 4.79 Å². The second-order valence-electron chi connectivity index (χ2n) is 6.49. The van der Waals surface area contributed by atoms with Crippen LogP contribution in [0.2, 0.25) is 5.02 Å². The molecule has 0 aliphatic heterocycles. The topological polar surface area (TPSA) is 69.0 Å². The van der Waals surface area contributed by atoms with Crippen LogP contribution in [0, 0.1) is 0 Å². The highest BCUT2D eigenvalue weighted by Crippen LogP contribution is 2.19. The Morgan fingerprint density at radius 3 is 2.50 bits per heavy atom. The molecular formula is C23H19ClN4O2. The third-order valence-corrected chi connectivity index (χ3v) is 4.58. The summed E-state index contributed by atoms with van der Waals surface area (Å²) in [7, 11) is 0. The van der Waals surface area contributed by atoms with Gasteiger partial charge in [-0.15, -0.1) is 10.2 Å². The Hall–Kier alpha value is -3.64. The van der Waals surface area contributed by atoms with Crippen LogP contribution in [0.4, 0.5) is 5.69 Å². The normalized spacial score (nSPS) is 11.1. The zero-order valence-electron chi connectivity index (χ0n) is 16.2. The summed E-state index contributed by atoms with van der Waals surface area (Å²) in [6.07, 6.45) is 3.20. The molecule has 0 aliphatic rings. The van der Waals surface area contributed by atoms with Crippen LogP contribution in [-0.2, 0) is 4.79 Å². The van der Waals surface area contributed by atoms with Gasteiger partial charge in [0.05, 0.1) is 12.3 Å². The zero-order valence-corrected chi connectivity index (χ0v) is 17.0. The second-order valence-corrected chi connectivity index (χ2v) is 6.93. The number of ether oxygens (including phenoxy) is 1. The number of hydrogen-bond donors (Lipinski definition) is 1. The lowest BCUT2D eigenvalue weighted by Gasteiger charge is -2.03. The monoisotopic (exact) mass is 418 g/mol. The third-order valence-electron chi connectivity index (χ3n) is 4.32. The summed E-state index contributed by atoms with van der Waals surface area (Å²) < 4.78 is 5.46. The van der Waals surface area contributed by atoms with Gasteiger partial charge in [-0.1, -0.05) is 23.7 Å². The first kappa shape index (κ1) is 19.7. The first-order valence-electron chi connectivity index (χ1n) is 9.46. The number of carbonyl (C=O) groups is 1. The van der Waals surface area contributed by atoms with Crippen molar-refractivity contribution in [2.24, 2.45) is 0 Å². The summed E-state index contributed by atoms with van der Waals surface area (Å²) in [6, 6.07) is 20.2. The molecule has 30 heavy (non-hydrogen) atoms. The molecule has 1 amide bonds. The number of fused-ring (bicyclic) bond motifs is 1. The Morgan fingerprint density at radius 1 is 1.03 bits per heavy atom. The van der Waals surface area contributed by atoms with E-state index in [4.69, 9.17) is 16.3 Å². The van der Waals surface area contributed by atoms with Gasteiger partial charge in [0.25, 0.3) is 0 Å². The molecule has 3 aromatic carbocycles.